The molecule has 1 amide bonds. The molecule has 1 aliphatic carbocycles. The minimum atomic E-state index is -3.19. The highest BCUT2D eigenvalue weighted by molar-refractivity contribution is 7.88. The zero-order valence-corrected chi connectivity index (χ0v) is 22.7. The summed E-state index contributed by atoms with van der Waals surface area (Å²) in [5.41, 5.74) is -0.590. The minimum absolute atomic E-state index is 0.0467. The third-order valence-corrected chi connectivity index (χ3v) is 8.40. The summed E-state index contributed by atoms with van der Waals surface area (Å²) < 4.78 is 42.3. The van der Waals surface area contributed by atoms with Crippen LogP contribution in [0.4, 0.5) is 4.79 Å². The Morgan fingerprint density at radius 3 is 2.17 bits per heavy atom. The molecule has 202 valence electrons. The first-order valence-corrected chi connectivity index (χ1v) is 14.7. The number of sulfonamides is 1. The van der Waals surface area contributed by atoms with Crippen molar-refractivity contribution in [2.75, 3.05) is 52.2 Å². The molecule has 2 heterocycles. The molecule has 3 fully saturated rings. The van der Waals surface area contributed by atoms with E-state index in [9.17, 15) is 18.0 Å². The van der Waals surface area contributed by atoms with Crippen molar-refractivity contribution in [3.05, 3.63) is 0 Å². The van der Waals surface area contributed by atoms with Gasteiger partial charge in [0.25, 0.3) is 0 Å². The normalized spacial score (nSPS) is 29.2. The maximum Gasteiger partial charge on any atom is 0.410 e. The maximum atomic E-state index is 13.0. The predicted octanol–water partition coefficient (Wildman–Crippen LogP) is 2.08. The van der Waals surface area contributed by atoms with Crippen LogP contribution in [-0.2, 0) is 29.0 Å². The fraction of sp³-hybridized carbons (Fsp3) is 0.917. The zero-order chi connectivity index (χ0) is 25.8. The second-order valence-corrected chi connectivity index (χ2v) is 12.9. The van der Waals surface area contributed by atoms with E-state index in [1.165, 1.54) is 10.6 Å². The molecule has 2 aliphatic heterocycles. The van der Waals surface area contributed by atoms with Gasteiger partial charge in [-0.25, -0.2) is 13.2 Å². The topological polar surface area (TPSA) is 106 Å². The van der Waals surface area contributed by atoms with Crippen LogP contribution < -0.4 is 0 Å². The Morgan fingerprint density at radius 2 is 1.63 bits per heavy atom. The monoisotopic (exact) mass is 517 g/mol. The lowest BCUT2D eigenvalue weighted by molar-refractivity contribution is -0.150. The fourth-order valence-corrected chi connectivity index (χ4v) is 6.06. The largest absolute Gasteiger partial charge is 0.466 e. The van der Waals surface area contributed by atoms with E-state index in [4.69, 9.17) is 14.2 Å². The van der Waals surface area contributed by atoms with E-state index >= 15 is 0 Å². The molecule has 0 aromatic carbocycles. The van der Waals surface area contributed by atoms with Crippen molar-refractivity contribution in [2.24, 2.45) is 5.92 Å². The number of amides is 1. The summed E-state index contributed by atoms with van der Waals surface area (Å²) in [5.74, 6) is -0.161. The molecular formula is C24H43N3O7S. The van der Waals surface area contributed by atoms with Crippen LogP contribution >= 0.6 is 0 Å². The smallest absolute Gasteiger partial charge is 0.410 e. The summed E-state index contributed by atoms with van der Waals surface area (Å²) in [6.45, 7) is 11.0. The quantitative estimate of drug-likeness (QED) is 0.473. The van der Waals surface area contributed by atoms with E-state index in [-0.39, 0.29) is 36.2 Å². The molecule has 0 spiro atoms. The second-order valence-electron chi connectivity index (χ2n) is 10.9. The first-order valence-electron chi connectivity index (χ1n) is 12.8. The number of hydrogen-bond acceptors (Lipinski definition) is 8. The van der Waals surface area contributed by atoms with Crippen molar-refractivity contribution >= 4 is 22.1 Å². The summed E-state index contributed by atoms with van der Waals surface area (Å²) >= 11 is 0. The third-order valence-electron chi connectivity index (χ3n) is 7.10. The molecule has 0 radical (unpaired) electrons. The van der Waals surface area contributed by atoms with Crippen LogP contribution in [0.5, 0.6) is 0 Å². The van der Waals surface area contributed by atoms with Crippen molar-refractivity contribution in [3.8, 4) is 0 Å². The number of carbonyl (C=O) groups is 2. The first-order chi connectivity index (χ1) is 16.4. The molecule has 0 aromatic rings. The van der Waals surface area contributed by atoms with Crippen LogP contribution in [0.2, 0.25) is 0 Å². The SMILES string of the molecule is CCOC(=O)[C@H]1CC[C@H](OC[C@@H]2CC(N3CCN(S(C)(=O)=O)CC3)CN2C(=O)OC(C)(C)C)CC1. The van der Waals surface area contributed by atoms with Crippen molar-refractivity contribution < 1.29 is 32.2 Å². The third kappa shape index (κ3) is 8.03. The van der Waals surface area contributed by atoms with Crippen LogP contribution in [0.1, 0.15) is 59.8 Å². The lowest BCUT2D eigenvalue weighted by Gasteiger charge is -2.36. The average Bonchev–Trinajstić information content (AvgIpc) is 3.21. The lowest BCUT2D eigenvalue weighted by Crippen LogP contribution is -2.52. The Balaban J connectivity index is 1.57. The highest BCUT2D eigenvalue weighted by Crippen LogP contribution is 2.30. The van der Waals surface area contributed by atoms with Gasteiger partial charge in [-0.1, -0.05) is 0 Å². The summed E-state index contributed by atoms with van der Waals surface area (Å²) in [5, 5.41) is 0. The first kappa shape index (κ1) is 28.1. The molecule has 2 atom stereocenters. The molecule has 35 heavy (non-hydrogen) atoms. The highest BCUT2D eigenvalue weighted by atomic mass is 32.2. The number of piperazine rings is 1. The fourth-order valence-electron chi connectivity index (χ4n) is 5.23. The van der Waals surface area contributed by atoms with Gasteiger partial charge in [-0.2, -0.15) is 4.31 Å². The van der Waals surface area contributed by atoms with Gasteiger partial charge < -0.3 is 19.1 Å². The van der Waals surface area contributed by atoms with Gasteiger partial charge in [0.05, 0.1) is 37.5 Å². The lowest BCUT2D eigenvalue weighted by atomic mass is 9.87. The van der Waals surface area contributed by atoms with Crippen LogP contribution in [0.15, 0.2) is 0 Å². The number of likely N-dealkylation sites (tertiary alicyclic amines) is 1. The van der Waals surface area contributed by atoms with Crippen LogP contribution in [0.3, 0.4) is 0 Å². The number of nitrogens with zero attached hydrogens (tertiary/aromatic N) is 3. The van der Waals surface area contributed by atoms with Crippen LogP contribution in [0, 0.1) is 5.92 Å². The van der Waals surface area contributed by atoms with Crippen molar-refractivity contribution in [1.82, 2.24) is 14.1 Å². The molecule has 10 nitrogen and oxygen atoms in total. The Hall–Kier alpha value is -1.43. The van der Waals surface area contributed by atoms with E-state index in [2.05, 4.69) is 4.90 Å². The predicted molar refractivity (Wildman–Crippen MR) is 131 cm³/mol. The standard InChI is InChI=1S/C24H43N3O7S/c1-6-32-22(28)18-7-9-21(10-8-18)33-17-20-15-19(16-27(20)23(29)34-24(2,3)4)25-11-13-26(14-12-25)35(5,30)31/h18-21H,6-17H2,1-5H3/t18-,19?,20-,21-/m0/s1. The van der Waals surface area contributed by atoms with Crippen LogP contribution in [-0.4, -0.2) is 111 Å². The van der Waals surface area contributed by atoms with Gasteiger partial charge in [0.1, 0.15) is 5.60 Å². The average molecular weight is 518 g/mol. The summed E-state index contributed by atoms with van der Waals surface area (Å²) in [7, 11) is -3.19. The van der Waals surface area contributed by atoms with E-state index in [0.29, 0.717) is 45.9 Å². The molecule has 2 saturated heterocycles. The van der Waals surface area contributed by atoms with Gasteiger partial charge in [-0.05, 0) is 59.8 Å². The number of rotatable bonds is 7. The molecular weight excluding hydrogens is 474 g/mol. The van der Waals surface area contributed by atoms with Crippen LogP contribution in [0.25, 0.3) is 0 Å². The Bertz CT molecular complexity index is 829. The Labute approximate surface area is 210 Å². The summed E-state index contributed by atoms with van der Waals surface area (Å²) in [4.78, 5) is 29.1. The van der Waals surface area contributed by atoms with Gasteiger partial charge >= 0.3 is 12.1 Å². The molecule has 11 heteroatoms. The molecule has 0 aromatic heterocycles. The minimum Gasteiger partial charge on any atom is -0.466 e. The molecule has 3 rings (SSSR count). The molecule has 1 saturated carbocycles. The van der Waals surface area contributed by atoms with E-state index < -0.39 is 15.6 Å². The van der Waals surface area contributed by atoms with Crippen molar-refractivity contribution in [2.45, 2.75) is 83.6 Å². The van der Waals surface area contributed by atoms with E-state index in [0.717, 1.165) is 32.1 Å². The Kier molecular flexibility index (Phi) is 9.45. The summed E-state index contributed by atoms with van der Waals surface area (Å²) in [6, 6.07) is 0.0305. The van der Waals surface area contributed by atoms with Crippen molar-refractivity contribution in [3.63, 3.8) is 0 Å². The number of hydrogen-bond donors (Lipinski definition) is 0. The van der Waals surface area contributed by atoms with E-state index in [1.54, 1.807) is 4.90 Å². The van der Waals surface area contributed by atoms with Crippen molar-refractivity contribution in [1.29, 1.82) is 0 Å². The zero-order valence-electron chi connectivity index (χ0n) is 21.9. The molecule has 0 N–H and O–H groups in total. The van der Waals surface area contributed by atoms with Gasteiger partial charge in [-0.3, -0.25) is 9.69 Å². The van der Waals surface area contributed by atoms with E-state index in [1.807, 2.05) is 27.7 Å². The molecule has 0 bridgehead atoms. The maximum absolute atomic E-state index is 13.0. The number of carbonyl (C=O) groups excluding carboxylic acids is 2. The van der Waals surface area contributed by atoms with Gasteiger partial charge in [0, 0.05) is 38.8 Å². The Morgan fingerprint density at radius 1 is 1.00 bits per heavy atom. The second kappa shape index (κ2) is 11.7. The molecule has 3 aliphatic rings. The highest BCUT2D eigenvalue weighted by Gasteiger charge is 2.41. The molecule has 1 unspecified atom stereocenters. The number of esters is 1. The van der Waals surface area contributed by atoms with Gasteiger partial charge in [0.15, 0.2) is 0 Å². The van der Waals surface area contributed by atoms with Gasteiger partial charge in [-0.15, -0.1) is 0 Å². The summed E-state index contributed by atoms with van der Waals surface area (Å²) in [6.07, 6.45) is 4.87. The number of ether oxygens (including phenoxy) is 3. The van der Waals surface area contributed by atoms with Gasteiger partial charge in [0.2, 0.25) is 10.0 Å².